The number of nitrogens with zero attached hydrogens (tertiary/aromatic N) is 1. The molecule has 0 bridgehead atoms. The number of nitrogens with two attached hydrogens (primary N) is 1. The van der Waals surface area contributed by atoms with Gasteiger partial charge >= 0.3 is 0 Å². The number of rotatable bonds is 4. The van der Waals surface area contributed by atoms with Crippen LogP contribution in [0.1, 0.15) is 36.5 Å². The van der Waals surface area contributed by atoms with Gasteiger partial charge in [0.05, 0.1) is 13.2 Å². The maximum atomic E-state index is 6.59. The Labute approximate surface area is 166 Å². The van der Waals surface area contributed by atoms with E-state index in [0.717, 1.165) is 44.5 Å². The fourth-order valence-corrected chi connectivity index (χ4v) is 4.60. The summed E-state index contributed by atoms with van der Waals surface area (Å²) in [5, 5.41) is 0.641. The largest absolute Gasteiger partial charge is 0.493 e. The van der Waals surface area contributed by atoms with E-state index in [-0.39, 0.29) is 12.1 Å². The highest BCUT2D eigenvalue weighted by atomic mass is 35.5. The number of halogens is 1. The van der Waals surface area contributed by atoms with Crippen LogP contribution in [0.15, 0.2) is 42.5 Å². The molecular formula is C22H27ClN2O2. The van der Waals surface area contributed by atoms with Crippen molar-refractivity contribution in [3.05, 3.63) is 58.6 Å². The number of benzene rings is 2. The predicted molar refractivity (Wildman–Crippen MR) is 109 cm³/mol. The van der Waals surface area contributed by atoms with E-state index in [0.29, 0.717) is 16.8 Å². The van der Waals surface area contributed by atoms with Crippen molar-refractivity contribution in [1.82, 2.24) is 4.90 Å². The first-order valence-electron chi connectivity index (χ1n) is 9.73. The molecule has 1 saturated heterocycles. The highest BCUT2D eigenvalue weighted by molar-refractivity contribution is 6.30. The molecule has 3 atom stereocenters. The van der Waals surface area contributed by atoms with Gasteiger partial charge in [-0.3, -0.25) is 4.90 Å². The van der Waals surface area contributed by atoms with E-state index in [2.05, 4.69) is 29.2 Å². The summed E-state index contributed by atoms with van der Waals surface area (Å²) in [6, 6.07) is 14.7. The number of ether oxygens (including phenoxy) is 2. The van der Waals surface area contributed by atoms with Gasteiger partial charge in [-0.25, -0.2) is 0 Å². The molecule has 4 nitrogen and oxygen atoms in total. The molecule has 0 radical (unpaired) electrons. The van der Waals surface area contributed by atoms with E-state index in [1.165, 1.54) is 11.1 Å². The molecule has 4 rings (SSSR count). The van der Waals surface area contributed by atoms with Gasteiger partial charge in [-0.1, -0.05) is 35.9 Å². The number of aryl methyl sites for hydroxylation is 1. The van der Waals surface area contributed by atoms with E-state index < -0.39 is 0 Å². The average molecular weight is 387 g/mol. The summed E-state index contributed by atoms with van der Waals surface area (Å²) < 4.78 is 12.1. The Kier molecular flexibility index (Phi) is 5.58. The number of hydrogen-bond acceptors (Lipinski definition) is 4. The quantitative estimate of drug-likeness (QED) is 0.855. The summed E-state index contributed by atoms with van der Waals surface area (Å²) in [4.78, 5) is 2.52. The molecule has 27 heavy (non-hydrogen) atoms. The molecule has 2 N–H and O–H groups in total. The van der Waals surface area contributed by atoms with Gasteiger partial charge in [0.1, 0.15) is 6.10 Å². The van der Waals surface area contributed by atoms with Crippen LogP contribution in [0.5, 0.6) is 11.5 Å². The van der Waals surface area contributed by atoms with Crippen molar-refractivity contribution in [2.75, 3.05) is 20.2 Å². The molecule has 5 heteroatoms. The zero-order valence-corrected chi connectivity index (χ0v) is 16.5. The summed E-state index contributed by atoms with van der Waals surface area (Å²) in [5.74, 6) is 1.40. The van der Waals surface area contributed by atoms with Gasteiger partial charge in [0.2, 0.25) is 0 Å². The number of piperidine rings is 1. The molecule has 0 amide bonds. The fraction of sp³-hybridized carbons (Fsp3) is 0.455. The van der Waals surface area contributed by atoms with Crippen molar-refractivity contribution in [3.63, 3.8) is 0 Å². The van der Waals surface area contributed by atoms with E-state index in [4.69, 9.17) is 26.8 Å². The lowest BCUT2D eigenvalue weighted by molar-refractivity contribution is 0.0354. The lowest BCUT2D eigenvalue weighted by Gasteiger charge is -2.43. The second-order valence-electron chi connectivity index (χ2n) is 7.54. The lowest BCUT2D eigenvalue weighted by Crippen LogP contribution is -2.51. The van der Waals surface area contributed by atoms with Crippen LogP contribution in [-0.2, 0) is 6.42 Å². The summed E-state index contributed by atoms with van der Waals surface area (Å²) in [7, 11) is 1.65. The maximum Gasteiger partial charge on any atom is 0.162 e. The van der Waals surface area contributed by atoms with Crippen LogP contribution in [0, 0.1) is 0 Å². The van der Waals surface area contributed by atoms with Crippen LogP contribution in [0.25, 0.3) is 0 Å². The first kappa shape index (κ1) is 18.6. The van der Waals surface area contributed by atoms with Gasteiger partial charge in [-0.05, 0) is 55.5 Å². The summed E-state index contributed by atoms with van der Waals surface area (Å²) in [5.41, 5.74) is 8.91. The van der Waals surface area contributed by atoms with Gasteiger partial charge in [-0.15, -0.1) is 0 Å². The molecule has 2 aromatic rings. The Morgan fingerprint density at radius 2 is 1.96 bits per heavy atom. The van der Waals surface area contributed by atoms with E-state index in [9.17, 15) is 0 Å². The number of fused-ring (bicyclic) bond motifs is 1. The zero-order chi connectivity index (χ0) is 18.8. The van der Waals surface area contributed by atoms with Crippen LogP contribution >= 0.6 is 11.6 Å². The Bertz CT molecular complexity index is 798. The van der Waals surface area contributed by atoms with E-state index in [1.807, 2.05) is 12.1 Å². The number of hydrogen-bond donors (Lipinski definition) is 1. The molecule has 1 aliphatic carbocycles. The molecule has 2 unspecified atom stereocenters. The number of likely N-dealkylation sites (tertiary alicyclic amines) is 1. The Morgan fingerprint density at radius 1 is 1.11 bits per heavy atom. The van der Waals surface area contributed by atoms with E-state index in [1.54, 1.807) is 13.2 Å². The molecule has 0 spiro atoms. The highest BCUT2D eigenvalue weighted by Crippen LogP contribution is 2.40. The second-order valence-corrected chi connectivity index (χ2v) is 7.97. The molecule has 0 saturated carbocycles. The SMILES string of the molecule is COc1cc(Cl)ccc1OC1c2ccccc2CCC1N1CCC[C@H](N)C1. The molecule has 1 fully saturated rings. The van der Waals surface area contributed by atoms with Crippen LogP contribution < -0.4 is 15.2 Å². The van der Waals surface area contributed by atoms with Gasteiger partial charge in [0.25, 0.3) is 0 Å². The van der Waals surface area contributed by atoms with Crippen molar-refractivity contribution >= 4 is 11.6 Å². The van der Waals surface area contributed by atoms with Crippen LogP contribution in [0.3, 0.4) is 0 Å². The normalized spacial score (nSPS) is 25.7. The standard InChI is InChI=1S/C22H27ClN2O2/c1-26-21-13-16(23)9-11-20(21)27-22-18-7-3-2-5-15(18)8-10-19(22)25-12-4-6-17(24)14-25/h2-3,5,7,9,11,13,17,19,22H,4,6,8,10,12,14,24H2,1H3/t17-,19?,22?/m0/s1. The Hall–Kier alpha value is -1.75. The number of methoxy groups -OCH3 is 1. The van der Waals surface area contributed by atoms with Crippen molar-refractivity contribution < 1.29 is 9.47 Å². The van der Waals surface area contributed by atoms with Crippen molar-refractivity contribution in [1.29, 1.82) is 0 Å². The Morgan fingerprint density at radius 3 is 2.78 bits per heavy atom. The zero-order valence-electron chi connectivity index (χ0n) is 15.7. The monoisotopic (exact) mass is 386 g/mol. The maximum absolute atomic E-state index is 6.59. The van der Waals surface area contributed by atoms with Gasteiger partial charge in [0, 0.05) is 23.7 Å². The summed E-state index contributed by atoms with van der Waals surface area (Å²) in [6.45, 7) is 2.02. The van der Waals surface area contributed by atoms with Gasteiger partial charge < -0.3 is 15.2 Å². The van der Waals surface area contributed by atoms with Gasteiger partial charge in [-0.2, -0.15) is 0 Å². The lowest BCUT2D eigenvalue weighted by atomic mass is 9.84. The topological polar surface area (TPSA) is 47.7 Å². The second kappa shape index (κ2) is 8.09. The minimum absolute atomic E-state index is 0.0460. The molecule has 144 valence electrons. The third-order valence-corrected chi connectivity index (χ3v) is 5.99. The third kappa shape index (κ3) is 3.93. The molecule has 2 aliphatic rings. The van der Waals surface area contributed by atoms with Crippen LogP contribution in [-0.4, -0.2) is 37.2 Å². The fourth-order valence-electron chi connectivity index (χ4n) is 4.43. The minimum Gasteiger partial charge on any atom is -0.493 e. The molecule has 1 heterocycles. The van der Waals surface area contributed by atoms with Crippen molar-refractivity contribution in [2.24, 2.45) is 5.73 Å². The summed E-state index contributed by atoms with van der Waals surface area (Å²) in [6.07, 6.45) is 4.36. The Balaban J connectivity index is 1.68. The summed E-state index contributed by atoms with van der Waals surface area (Å²) >= 11 is 6.13. The highest BCUT2D eigenvalue weighted by Gasteiger charge is 2.37. The van der Waals surface area contributed by atoms with Crippen LogP contribution in [0.2, 0.25) is 5.02 Å². The molecule has 2 aromatic carbocycles. The first-order chi connectivity index (χ1) is 13.2. The van der Waals surface area contributed by atoms with E-state index >= 15 is 0 Å². The third-order valence-electron chi connectivity index (χ3n) is 5.76. The average Bonchev–Trinajstić information content (AvgIpc) is 2.69. The van der Waals surface area contributed by atoms with Crippen molar-refractivity contribution in [2.45, 2.75) is 43.9 Å². The minimum atomic E-state index is -0.0460. The molecule has 0 aromatic heterocycles. The van der Waals surface area contributed by atoms with Crippen LogP contribution in [0.4, 0.5) is 0 Å². The van der Waals surface area contributed by atoms with Gasteiger partial charge in [0.15, 0.2) is 11.5 Å². The van der Waals surface area contributed by atoms with Crippen molar-refractivity contribution in [3.8, 4) is 11.5 Å². The molecule has 1 aliphatic heterocycles. The predicted octanol–water partition coefficient (Wildman–Crippen LogP) is 4.21. The smallest absolute Gasteiger partial charge is 0.162 e. The molecular weight excluding hydrogens is 360 g/mol. The first-order valence-corrected chi connectivity index (χ1v) is 10.1.